The molecule has 5 aliphatic carbocycles. The van der Waals surface area contributed by atoms with Crippen LogP contribution in [0.1, 0.15) is 28.1 Å². The Labute approximate surface area is 362 Å². The molecule has 5 aliphatic rings. The molecule has 2 spiro atoms. The number of benzene rings is 7. The normalized spacial score (nSPS) is 20.8. The van der Waals surface area contributed by atoms with E-state index in [1.807, 2.05) is 0 Å². The molecule has 1 heterocycles. The van der Waals surface area contributed by atoms with Crippen LogP contribution in [0.15, 0.2) is 230 Å². The van der Waals surface area contributed by atoms with E-state index in [1.54, 1.807) is 0 Å². The first kappa shape index (κ1) is 35.2. The summed E-state index contributed by atoms with van der Waals surface area (Å²) in [5.74, 6) is 0.768. The maximum atomic E-state index is 5.62. The van der Waals surface area contributed by atoms with E-state index in [0.29, 0.717) is 5.82 Å². The van der Waals surface area contributed by atoms with Crippen LogP contribution in [-0.2, 0) is 10.8 Å². The molecule has 0 bridgehead atoms. The predicted octanol–water partition coefficient (Wildman–Crippen LogP) is 13.7. The fourth-order valence-electron chi connectivity index (χ4n) is 12.5. The first-order valence-electron chi connectivity index (χ1n) is 21.8. The van der Waals surface area contributed by atoms with Crippen LogP contribution in [0.25, 0.3) is 61.5 Å². The van der Waals surface area contributed by atoms with Gasteiger partial charge in [0.05, 0.1) is 17.0 Å². The molecule has 0 aliphatic heterocycles. The van der Waals surface area contributed by atoms with Gasteiger partial charge in [-0.15, -0.1) is 0 Å². The van der Waals surface area contributed by atoms with Crippen molar-refractivity contribution in [1.82, 2.24) is 9.97 Å². The van der Waals surface area contributed by atoms with E-state index in [9.17, 15) is 0 Å². The molecule has 1 fully saturated rings. The van der Waals surface area contributed by atoms with E-state index < -0.39 is 10.8 Å². The minimum Gasteiger partial charge on any atom is -0.228 e. The van der Waals surface area contributed by atoms with E-state index in [1.165, 1.54) is 55.6 Å². The van der Waals surface area contributed by atoms with Gasteiger partial charge in [0.2, 0.25) is 0 Å². The van der Waals surface area contributed by atoms with E-state index in [4.69, 9.17) is 9.97 Å². The van der Waals surface area contributed by atoms with E-state index in [-0.39, 0.29) is 23.7 Å². The third kappa shape index (κ3) is 4.71. The van der Waals surface area contributed by atoms with E-state index in [2.05, 4.69) is 230 Å². The van der Waals surface area contributed by atoms with Crippen molar-refractivity contribution in [3.8, 4) is 55.9 Å². The molecule has 0 saturated heterocycles. The van der Waals surface area contributed by atoms with Crippen molar-refractivity contribution >= 4 is 5.57 Å². The highest BCUT2D eigenvalue weighted by Crippen LogP contribution is 2.74. The van der Waals surface area contributed by atoms with Gasteiger partial charge in [0.1, 0.15) is 0 Å². The number of hydrogen-bond acceptors (Lipinski definition) is 2. The molecule has 1 aromatic heterocycles. The molecule has 0 N–H and O–H groups in total. The Morgan fingerprint density at radius 1 is 0.387 bits per heavy atom. The fraction of sp³-hybridized carbons (Fsp3) is 0.100. The lowest BCUT2D eigenvalue weighted by Gasteiger charge is -2.62. The lowest BCUT2D eigenvalue weighted by molar-refractivity contribution is 0.0640. The van der Waals surface area contributed by atoms with Crippen molar-refractivity contribution in [2.75, 3.05) is 0 Å². The molecule has 1 saturated carbocycles. The third-order valence-corrected chi connectivity index (χ3v) is 14.7. The van der Waals surface area contributed by atoms with E-state index in [0.717, 1.165) is 28.1 Å². The fourth-order valence-corrected chi connectivity index (χ4v) is 12.5. The molecular formula is C60H40N2. The second kappa shape index (κ2) is 13.5. The number of allylic oxidation sites excluding steroid dienone is 6. The van der Waals surface area contributed by atoms with Crippen LogP contribution < -0.4 is 0 Å². The van der Waals surface area contributed by atoms with Crippen molar-refractivity contribution in [2.45, 2.75) is 10.8 Å². The second-order valence-corrected chi connectivity index (χ2v) is 17.4. The molecule has 0 radical (unpaired) electrons. The van der Waals surface area contributed by atoms with Gasteiger partial charge in [0.15, 0.2) is 5.82 Å². The Morgan fingerprint density at radius 3 is 1.32 bits per heavy atom. The smallest absolute Gasteiger partial charge is 0.165 e. The Balaban J connectivity index is 1.11. The zero-order valence-electron chi connectivity index (χ0n) is 34.0. The Bertz CT molecular complexity index is 3190. The van der Waals surface area contributed by atoms with Gasteiger partial charge in [0, 0.05) is 33.8 Å². The number of fused-ring (bicyclic) bond motifs is 16. The molecule has 290 valence electrons. The van der Waals surface area contributed by atoms with Gasteiger partial charge in [0.25, 0.3) is 0 Å². The van der Waals surface area contributed by atoms with Crippen LogP contribution in [0, 0.1) is 23.7 Å². The molecular weight excluding hydrogens is 749 g/mol. The third-order valence-electron chi connectivity index (χ3n) is 14.7. The first-order chi connectivity index (χ1) is 30.8. The molecule has 0 amide bonds. The lowest BCUT2D eigenvalue weighted by atomic mass is 9.38. The van der Waals surface area contributed by atoms with Gasteiger partial charge < -0.3 is 0 Å². The second-order valence-electron chi connectivity index (χ2n) is 17.4. The zero-order valence-corrected chi connectivity index (χ0v) is 34.0. The molecule has 13 rings (SSSR count). The maximum absolute atomic E-state index is 5.62. The Morgan fingerprint density at radius 2 is 0.790 bits per heavy atom. The van der Waals surface area contributed by atoms with Gasteiger partial charge in [-0.25, -0.2) is 9.97 Å². The molecule has 2 heteroatoms. The number of hydrogen-bond donors (Lipinski definition) is 0. The van der Waals surface area contributed by atoms with Gasteiger partial charge in [-0.2, -0.15) is 0 Å². The standard InChI is InChI=1S/C60H40N2/c1-3-18-39(19-4-1)40-34-36-42(37-35-40)56-38-55(41-20-5-2-6-21-41)61-58(62-56)47-26-17-33-54-57(47)60(50-29-13-9-24-45(50)46-25-10-14-30-51(46)60)53-32-16-15-31-52(53)59(54)48-27-11-7-22-43(48)44-23-8-12-28-49(44)59/h1-16,18-25,27-38,52-54,57H. The summed E-state index contributed by atoms with van der Waals surface area (Å²) in [5, 5.41) is 0. The summed E-state index contributed by atoms with van der Waals surface area (Å²) in [6.45, 7) is 0. The highest BCUT2D eigenvalue weighted by Gasteiger charge is 2.70. The van der Waals surface area contributed by atoms with Crippen LogP contribution in [0.4, 0.5) is 0 Å². The monoisotopic (exact) mass is 788 g/mol. The van der Waals surface area contributed by atoms with Crippen LogP contribution in [0.3, 0.4) is 0 Å². The summed E-state index contributed by atoms with van der Waals surface area (Å²) in [5.41, 5.74) is 24.7. The van der Waals surface area contributed by atoms with Gasteiger partial charge in [-0.3, -0.25) is 0 Å². The van der Waals surface area contributed by atoms with E-state index >= 15 is 0 Å². The van der Waals surface area contributed by atoms with Crippen molar-refractivity contribution in [3.63, 3.8) is 0 Å². The number of aromatic nitrogens is 2. The molecule has 2 nitrogen and oxygen atoms in total. The summed E-state index contributed by atoms with van der Waals surface area (Å²) in [7, 11) is 0. The minimum atomic E-state index is -0.480. The Kier molecular flexibility index (Phi) is 7.63. The van der Waals surface area contributed by atoms with Crippen molar-refractivity contribution in [1.29, 1.82) is 0 Å². The molecule has 8 aromatic rings. The van der Waals surface area contributed by atoms with Crippen LogP contribution in [0.5, 0.6) is 0 Å². The number of rotatable bonds is 4. The zero-order chi connectivity index (χ0) is 40.8. The molecule has 7 aromatic carbocycles. The largest absolute Gasteiger partial charge is 0.228 e. The van der Waals surface area contributed by atoms with Crippen LogP contribution in [-0.4, -0.2) is 9.97 Å². The number of nitrogens with zero attached hydrogens (tertiary/aromatic N) is 2. The van der Waals surface area contributed by atoms with Crippen LogP contribution in [0.2, 0.25) is 0 Å². The first-order valence-corrected chi connectivity index (χ1v) is 21.8. The Hall–Kier alpha value is -7.60. The summed E-state index contributed by atoms with van der Waals surface area (Å²) >= 11 is 0. The summed E-state index contributed by atoms with van der Waals surface area (Å²) in [6, 6.07) is 68.8. The van der Waals surface area contributed by atoms with Crippen molar-refractivity contribution < 1.29 is 0 Å². The van der Waals surface area contributed by atoms with Crippen molar-refractivity contribution in [2.24, 2.45) is 23.7 Å². The average Bonchev–Trinajstić information content (AvgIpc) is 3.82. The lowest BCUT2D eigenvalue weighted by Crippen LogP contribution is -2.62. The highest BCUT2D eigenvalue weighted by molar-refractivity contribution is 5.88. The van der Waals surface area contributed by atoms with Gasteiger partial charge in [-0.05, 0) is 79.6 Å². The molecule has 62 heavy (non-hydrogen) atoms. The van der Waals surface area contributed by atoms with Gasteiger partial charge >= 0.3 is 0 Å². The predicted molar refractivity (Wildman–Crippen MR) is 251 cm³/mol. The maximum Gasteiger partial charge on any atom is 0.165 e. The topological polar surface area (TPSA) is 25.8 Å². The summed E-state index contributed by atoms with van der Waals surface area (Å²) in [4.78, 5) is 11.2. The van der Waals surface area contributed by atoms with Crippen molar-refractivity contribution in [3.05, 3.63) is 258 Å². The highest BCUT2D eigenvalue weighted by atomic mass is 14.9. The average molecular weight is 789 g/mol. The SMILES string of the molecule is C1=C=C(c2nc(-c3ccccc3)cc(-c3ccc(-c4ccccc4)cc3)n2)C2C(C=1)C1(c3ccccc3-c3ccccc31)C1C=CC=CC1C21c2ccccc2-c2ccccc21. The van der Waals surface area contributed by atoms with Gasteiger partial charge in [-0.1, -0.05) is 218 Å². The summed E-state index contributed by atoms with van der Waals surface area (Å²) < 4.78 is 0. The molecule has 4 atom stereocenters. The van der Waals surface area contributed by atoms with Crippen LogP contribution >= 0.6 is 0 Å². The summed E-state index contributed by atoms with van der Waals surface area (Å²) in [6.07, 6.45) is 12.0. The quantitative estimate of drug-likeness (QED) is 0.166. The molecule has 4 unspecified atom stereocenters. The minimum absolute atomic E-state index is 0.0299.